The highest BCUT2D eigenvalue weighted by molar-refractivity contribution is 7.91. The van der Waals surface area contributed by atoms with Gasteiger partial charge in [-0.1, -0.05) is 20.3 Å². The maximum absolute atomic E-state index is 11.7. The van der Waals surface area contributed by atoms with Crippen molar-refractivity contribution in [3.8, 4) is 0 Å². The largest absolute Gasteiger partial charge is 0.380 e. The molecule has 0 aromatic heterocycles. The molecule has 0 heterocycles. The standard InChI is InChI=1S/C13H27NO3S/c1-5-17-9-12(10(2)3)14-11-7-6-8-13(11)18(4,15)16/h10-14H,5-9H2,1-4H3. The molecule has 4 nitrogen and oxygen atoms in total. The summed E-state index contributed by atoms with van der Waals surface area (Å²) in [7, 11) is -2.95. The predicted octanol–water partition coefficient (Wildman–Crippen LogP) is 1.60. The molecule has 5 heteroatoms. The Balaban J connectivity index is 2.62. The molecule has 0 aromatic carbocycles. The quantitative estimate of drug-likeness (QED) is 0.768. The molecule has 0 amide bonds. The van der Waals surface area contributed by atoms with Crippen molar-refractivity contribution in [1.82, 2.24) is 5.32 Å². The van der Waals surface area contributed by atoms with E-state index < -0.39 is 9.84 Å². The van der Waals surface area contributed by atoms with E-state index in [0.717, 1.165) is 19.3 Å². The lowest BCUT2D eigenvalue weighted by atomic mass is 10.0. The molecule has 3 unspecified atom stereocenters. The van der Waals surface area contributed by atoms with Crippen LogP contribution in [0.25, 0.3) is 0 Å². The van der Waals surface area contributed by atoms with Crippen LogP contribution >= 0.6 is 0 Å². The number of sulfone groups is 1. The third kappa shape index (κ3) is 4.52. The minimum absolute atomic E-state index is 0.0906. The van der Waals surface area contributed by atoms with Crippen molar-refractivity contribution < 1.29 is 13.2 Å². The van der Waals surface area contributed by atoms with Crippen LogP contribution in [0.15, 0.2) is 0 Å². The first-order valence-corrected chi connectivity index (χ1v) is 8.84. The third-order valence-electron chi connectivity index (χ3n) is 3.74. The monoisotopic (exact) mass is 277 g/mol. The van der Waals surface area contributed by atoms with E-state index in [2.05, 4.69) is 19.2 Å². The van der Waals surface area contributed by atoms with Crippen molar-refractivity contribution in [3.63, 3.8) is 0 Å². The van der Waals surface area contributed by atoms with Crippen molar-refractivity contribution >= 4 is 9.84 Å². The molecule has 3 atom stereocenters. The smallest absolute Gasteiger partial charge is 0.151 e. The van der Waals surface area contributed by atoms with Gasteiger partial charge in [-0.25, -0.2) is 8.42 Å². The molecule has 1 rings (SSSR count). The van der Waals surface area contributed by atoms with E-state index in [4.69, 9.17) is 4.74 Å². The summed E-state index contributed by atoms with van der Waals surface area (Å²) in [6, 6.07) is 0.324. The zero-order valence-electron chi connectivity index (χ0n) is 12.0. The minimum atomic E-state index is -2.95. The van der Waals surface area contributed by atoms with Crippen LogP contribution in [-0.4, -0.2) is 45.2 Å². The molecule has 0 spiro atoms. The van der Waals surface area contributed by atoms with Gasteiger partial charge in [0.1, 0.15) is 0 Å². The molecule has 1 saturated carbocycles. The van der Waals surface area contributed by atoms with Gasteiger partial charge < -0.3 is 10.1 Å². The van der Waals surface area contributed by atoms with Gasteiger partial charge in [0.2, 0.25) is 0 Å². The second-order valence-electron chi connectivity index (χ2n) is 5.58. The first kappa shape index (κ1) is 15.9. The van der Waals surface area contributed by atoms with E-state index in [0.29, 0.717) is 19.1 Å². The van der Waals surface area contributed by atoms with Crippen LogP contribution in [0.3, 0.4) is 0 Å². The highest BCUT2D eigenvalue weighted by Crippen LogP contribution is 2.26. The van der Waals surface area contributed by atoms with Crippen LogP contribution in [0.5, 0.6) is 0 Å². The Labute approximate surface area is 111 Å². The second kappa shape index (κ2) is 6.87. The van der Waals surface area contributed by atoms with Crippen LogP contribution in [0.4, 0.5) is 0 Å². The normalized spacial score (nSPS) is 26.7. The fourth-order valence-electron chi connectivity index (χ4n) is 2.58. The molecule has 1 aliphatic rings. The summed E-state index contributed by atoms with van der Waals surface area (Å²) in [5, 5.41) is 3.28. The molecule has 0 saturated heterocycles. The highest BCUT2D eigenvalue weighted by atomic mass is 32.2. The van der Waals surface area contributed by atoms with E-state index in [1.165, 1.54) is 6.26 Å². The zero-order chi connectivity index (χ0) is 13.8. The minimum Gasteiger partial charge on any atom is -0.380 e. The fourth-order valence-corrected chi connectivity index (χ4v) is 3.99. The van der Waals surface area contributed by atoms with Gasteiger partial charge in [-0.05, 0) is 25.7 Å². The first-order chi connectivity index (χ1) is 8.36. The lowest BCUT2D eigenvalue weighted by Crippen LogP contribution is -2.49. The molecule has 0 aliphatic heterocycles. The van der Waals surface area contributed by atoms with Gasteiger partial charge in [-0.2, -0.15) is 0 Å². The Morgan fingerprint density at radius 2 is 2.00 bits per heavy atom. The molecule has 1 fully saturated rings. The van der Waals surface area contributed by atoms with Crippen LogP contribution in [0.2, 0.25) is 0 Å². The van der Waals surface area contributed by atoms with Crippen LogP contribution < -0.4 is 5.32 Å². The zero-order valence-corrected chi connectivity index (χ0v) is 12.8. The van der Waals surface area contributed by atoms with Crippen molar-refractivity contribution in [2.24, 2.45) is 5.92 Å². The lowest BCUT2D eigenvalue weighted by molar-refractivity contribution is 0.104. The summed E-state index contributed by atoms with van der Waals surface area (Å²) < 4.78 is 29.0. The Hall–Kier alpha value is -0.130. The molecule has 1 N–H and O–H groups in total. The molecular weight excluding hydrogens is 250 g/mol. The van der Waals surface area contributed by atoms with Crippen LogP contribution in [0, 0.1) is 5.92 Å². The van der Waals surface area contributed by atoms with Gasteiger partial charge >= 0.3 is 0 Å². The van der Waals surface area contributed by atoms with Crippen molar-refractivity contribution in [2.75, 3.05) is 19.5 Å². The molecular formula is C13H27NO3S. The van der Waals surface area contributed by atoms with Gasteiger partial charge in [-0.15, -0.1) is 0 Å². The number of hydrogen-bond acceptors (Lipinski definition) is 4. The van der Waals surface area contributed by atoms with E-state index >= 15 is 0 Å². The highest BCUT2D eigenvalue weighted by Gasteiger charge is 2.36. The third-order valence-corrected chi connectivity index (χ3v) is 5.40. The van der Waals surface area contributed by atoms with E-state index in [9.17, 15) is 8.42 Å². The van der Waals surface area contributed by atoms with E-state index in [1.807, 2.05) is 6.92 Å². The number of ether oxygens (including phenoxy) is 1. The van der Waals surface area contributed by atoms with E-state index in [1.54, 1.807) is 0 Å². The Kier molecular flexibility index (Phi) is 6.08. The van der Waals surface area contributed by atoms with E-state index in [-0.39, 0.29) is 17.3 Å². The maximum atomic E-state index is 11.7. The van der Waals surface area contributed by atoms with Gasteiger partial charge in [0.15, 0.2) is 9.84 Å². The Morgan fingerprint density at radius 1 is 1.33 bits per heavy atom. The van der Waals surface area contributed by atoms with Gasteiger partial charge in [0, 0.05) is 24.9 Å². The van der Waals surface area contributed by atoms with Crippen molar-refractivity contribution in [1.29, 1.82) is 0 Å². The van der Waals surface area contributed by atoms with Gasteiger partial charge in [-0.3, -0.25) is 0 Å². The Morgan fingerprint density at radius 3 is 2.50 bits per heavy atom. The second-order valence-corrected chi connectivity index (χ2v) is 7.85. The van der Waals surface area contributed by atoms with Gasteiger partial charge in [0.05, 0.1) is 11.9 Å². The molecule has 18 heavy (non-hydrogen) atoms. The average Bonchev–Trinajstić information content (AvgIpc) is 2.71. The average molecular weight is 277 g/mol. The molecule has 1 aliphatic carbocycles. The summed E-state index contributed by atoms with van der Waals surface area (Å²) in [5.74, 6) is 0.442. The number of rotatable bonds is 7. The summed E-state index contributed by atoms with van der Waals surface area (Å²) in [4.78, 5) is 0. The van der Waals surface area contributed by atoms with Crippen LogP contribution in [-0.2, 0) is 14.6 Å². The first-order valence-electron chi connectivity index (χ1n) is 6.89. The molecule has 0 bridgehead atoms. The summed E-state index contributed by atoms with van der Waals surface area (Å²) in [6.07, 6.45) is 4.09. The summed E-state index contributed by atoms with van der Waals surface area (Å²) >= 11 is 0. The topological polar surface area (TPSA) is 55.4 Å². The number of hydrogen-bond donors (Lipinski definition) is 1. The summed E-state index contributed by atoms with van der Waals surface area (Å²) in [5.41, 5.74) is 0. The van der Waals surface area contributed by atoms with Crippen LogP contribution in [0.1, 0.15) is 40.0 Å². The lowest BCUT2D eigenvalue weighted by Gasteiger charge is -2.28. The van der Waals surface area contributed by atoms with Crippen molar-refractivity contribution in [2.45, 2.75) is 57.4 Å². The summed E-state index contributed by atoms with van der Waals surface area (Å²) in [6.45, 7) is 7.61. The molecule has 108 valence electrons. The maximum Gasteiger partial charge on any atom is 0.151 e. The number of nitrogens with one attached hydrogen (secondary N) is 1. The SMILES string of the molecule is CCOCC(NC1CCCC1S(C)(=O)=O)C(C)C. The molecule has 0 radical (unpaired) electrons. The Bertz CT molecular complexity index is 340. The van der Waals surface area contributed by atoms with Gasteiger partial charge in [0.25, 0.3) is 0 Å². The predicted molar refractivity (Wildman–Crippen MR) is 74.5 cm³/mol. The molecule has 0 aromatic rings. The fraction of sp³-hybridized carbons (Fsp3) is 1.00. The van der Waals surface area contributed by atoms with Crippen molar-refractivity contribution in [3.05, 3.63) is 0 Å².